The maximum absolute atomic E-state index is 10.0. The Hall–Kier alpha value is -7.88. The van der Waals surface area contributed by atoms with Crippen LogP contribution in [0.25, 0.3) is 43.1 Å². The molecule has 10 aromatic rings. The number of rotatable bonds is 12. The quantitative estimate of drug-likeness (QED) is 0.0600. The van der Waals surface area contributed by atoms with E-state index in [2.05, 4.69) is 168 Å². The molecule has 0 saturated heterocycles. The third kappa shape index (κ3) is 18.9. The minimum absolute atomic E-state index is 0.0608. The highest BCUT2D eigenvalue weighted by Crippen LogP contribution is 2.43. The lowest BCUT2D eigenvalue weighted by molar-refractivity contribution is 0.384. The first-order valence-electron chi connectivity index (χ1n) is 32.2. The molecule has 0 aromatic heterocycles. The summed E-state index contributed by atoms with van der Waals surface area (Å²) in [4.78, 5) is 0. The first-order chi connectivity index (χ1) is 42.5. The van der Waals surface area contributed by atoms with Gasteiger partial charge in [0.1, 0.15) is 46.0 Å². The molecule has 8 nitrogen and oxygen atoms in total. The van der Waals surface area contributed by atoms with E-state index < -0.39 is 0 Å². The van der Waals surface area contributed by atoms with Crippen LogP contribution in [0.2, 0.25) is 0 Å². The Morgan fingerprint density at radius 2 is 0.659 bits per heavy atom. The summed E-state index contributed by atoms with van der Waals surface area (Å²) < 4.78 is 0.770. The maximum atomic E-state index is 10.0. The van der Waals surface area contributed by atoms with Gasteiger partial charge in [0.15, 0.2) is 0 Å². The van der Waals surface area contributed by atoms with E-state index in [1.165, 1.54) is 45.3 Å². The fraction of sp³-hybridized carbons (Fsp3) is 0.366. The van der Waals surface area contributed by atoms with Gasteiger partial charge in [-0.15, -0.1) is 0 Å². The summed E-state index contributed by atoms with van der Waals surface area (Å²) in [5, 5.41) is 85.2. The van der Waals surface area contributed by atoms with E-state index in [1.807, 2.05) is 106 Å². The van der Waals surface area contributed by atoms with E-state index in [1.54, 1.807) is 30.3 Å². The van der Waals surface area contributed by atoms with Crippen molar-refractivity contribution in [2.75, 3.05) is 0 Å². The van der Waals surface area contributed by atoms with E-state index in [-0.39, 0.29) is 49.7 Å². The molecular formula is C82H103BrO8. The summed E-state index contributed by atoms with van der Waals surface area (Å²) in [5.41, 5.74) is 7.46. The first kappa shape index (κ1) is 73.9. The molecule has 0 atom stereocenters. The summed E-state index contributed by atoms with van der Waals surface area (Å²) in [7, 11) is 0. The lowest BCUT2D eigenvalue weighted by atomic mass is 9.80. The predicted molar refractivity (Wildman–Crippen MR) is 390 cm³/mol. The van der Waals surface area contributed by atoms with Crippen LogP contribution in [0.4, 0.5) is 0 Å². The van der Waals surface area contributed by atoms with E-state index in [0.29, 0.717) is 34.3 Å². The average molecular weight is 1300 g/mol. The Morgan fingerprint density at radius 3 is 1.21 bits per heavy atom. The summed E-state index contributed by atoms with van der Waals surface area (Å²) >= 11 is 3.32. The van der Waals surface area contributed by atoms with Crippen LogP contribution in [0, 0.1) is 0 Å². The van der Waals surface area contributed by atoms with Gasteiger partial charge in [-0.25, -0.2) is 0 Å². The molecule has 0 unspecified atom stereocenters. The number of phenols is 8. The number of hydrogen-bond acceptors (Lipinski definition) is 8. The topological polar surface area (TPSA) is 162 Å². The van der Waals surface area contributed by atoms with Gasteiger partial charge in [0, 0.05) is 33.9 Å². The highest BCUT2D eigenvalue weighted by molar-refractivity contribution is 9.10. The molecule has 8 N–H and O–H groups in total. The van der Waals surface area contributed by atoms with Gasteiger partial charge < -0.3 is 40.9 Å². The summed E-state index contributed by atoms with van der Waals surface area (Å²) in [6.07, 6.45) is 6.25. The minimum Gasteiger partial charge on any atom is -0.508 e. The van der Waals surface area contributed by atoms with E-state index in [0.717, 1.165) is 80.7 Å². The Balaban J connectivity index is 0.000000199. The molecule has 0 aliphatic rings. The van der Waals surface area contributed by atoms with Gasteiger partial charge in [-0.1, -0.05) is 246 Å². The van der Waals surface area contributed by atoms with Crippen molar-refractivity contribution in [3.8, 4) is 46.0 Å². The number of halogens is 1. The molecule has 0 aliphatic heterocycles. The monoisotopic (exact) mass is 1290 g/mol. The summed E-state index contributed by atoms with van der Waals surface area (Å²) in [6, 6.07) is 56.0. The van der Waals surface area contributed by atoms with Gasteiger partial charge in [-0.3, -0.25) is 0 Å². The number of aromatic hydroxyl groups is 8. The predicted octanol–water partition coefficient (Wildman–Crippen LogP) is 23.3. The van der Waals surface area contributed by atoms with Crippen molar-refractivity contribution in [2.24, 2.45) is 0 Å². The Labute approximate surface area is 552 Å². The second-order valence-electron chi connectivity index (χ2n) is 27.8. The summed E-state index contributed by atoms with van der Waals surface area (Å²) in [5.74, 6) is 1.49. The van der Waals surface area contributed by atoms with E-state index in [4.69, 9.17) is 5.11 Å². The van der Waals surface area contributed by atoms with Gasteiger partial charge in [-0.2, -0.15) is 0 Å². The van der Waals surface area contributed by atoms with Crippen LogP contribution < -0.4 is 0 Å². The maximum Gasteiger partial charge on any atom is 0.129 e. The van der Waals surface area contributed by atoms with Crippen molar-refractivity contribution in [1.29, 1.82) is 0 Å². The Morgan fingerprint density at radius 1 is 0.264 bits per heavy atom. The molecule has 0 radical (unpaired) electrons. The fourth-order valence-corrected chi connectivity index (χ4v) is 10.7. The number of fused-ring (bicyclic) bond motifs is 4. The molecular weight excluding hydrogens is 1190 g/mol. The molecule has 0 heterocycles. The largest absolute Gasteiger partial charge is 0.508 e. The number of benzene rings is 10. The zero-order chi connectivity index (χ0) is 68.0. The molecule has 0 bridgehead atoms. The molecule has 486 valence electrons. The zero-order valence-electron chi connectivity index (χ0n) is 57.4. The second kappa shape index (κ2) is 31.0. The zero-order valence-corrected chi connectivity index (χ0v) is 59.0. The summed E-state index contributed by atoms with van der Waals surface area (Å²) in [6.45, 7) is 39.1. The lowest BCUT2D eigenvalue weighted by Crippen LogP contribution is -2.15. The van der Waals surface area contributed by atoms with Crippen LogP contribution in [0.15, 0.2) is 180 Å². The number of hydrogen-bond donors (Lipinski definition) is 8. The molecule has 0 fully saturated rings. The van der Waals surface area contributed by atoms with Crippen molar-refractivity contribution in [2.45, 2.75) is 196 Å². The van der Waals surface area contributed by atoms with Crippen molar-refractivity contribution in [1.82, 2.24) is 0 Å². The average Bonchev–Trinajstić information content (AvgIpc) is 0.903. The van der Waals surface area contributed by atoms with Crippen molar-refractivity contribution in [3.05, 3.63) is 214 Å². The van der Waals surface area contributed by atoms with E-state index in [9.17, 15) is 35.7 Å². The normalized spacial score (nSPS) is 11.9. The Bertz CT molecular complexity index is 4000. The van der Waals surface area contributed by atoms with Crippen LogP contribution in [0.3, 0.4) is 0 Å². The van der Waals surface area contributed by atoms with Crippen LogP contribution in [0.1, 0.15) is 197 Å². The standard InChI is InChI=1S/4C15H18O.C11H15BrO.C11H16O3/c1-4-15(2,3)13-9-5-8-12-11(13)7-6-10-14(12)16;1-4-15(2,3)13-7-5-12-10-14(16)8-6-11(12)9-13;1-4-15(2,3)12-8-9-13-11(10-12)6-5-7-14(13)16;1-4-15(2,3)12-9-11-7-5-6-8-13(11)14(16)10-12;1-4-11(2,3)8-5-6-10(13)9(12)7-8;1-4-11(2,3)10-8(13)5-7(12)6-9(10)14/h4*5-10,16H,4H2,1-3H3;5-7,13H,4H2,1-3H3;5-6,12-14H,4H2,1-3H3. The van der Waals surface area contributed by atoms with Crippen molar-refractivity contribution < 1.29 is 40.9 Å². The van der Waals surface area contributed by atoms with Gasteiger partial charge >= 0.3 is 0 Å². The molecule has 10 aromatic carbocycles. The van der Waals surface area contributed by atoms with Crippen molar-refractivity contribution >= 4 is 59.0 Å². The lowest BCUT2D eigenvalue weighted by Gasteiger charge is -2.25. The van der Waals surface area contributed by atoms with Gasteiger partial charge in [0.25, 0.3) is 0 Å². The molecule has 0 amide bonds. The Kier molecular flexibility index (Phi) is 25.1. The highest BCUT2D eigenvalue weighted by Gasteiger charge is 2.27. The highest BCUT2D eigenvalue weighted by atomic mass is 79.9. The molecule has 91 heavy (non-hydrogen) atoms. The minimum atomic E-state index is -0.304. The van der Waals surface area contributed by atoms with Gasteiger partial charge in [0.05, 0.1) is 4.47 Å². The van der Waals surface area contributed by atoms with Crippen LogP contribution in [-0.2, 0) is 32.5 Å². The smallest absolute Gasteiger partial charge is 0.129 e. The van der Waals surface area contributed by atoms with Gasteiger partial charge in [0.2, 0.25) is 0 Å². The molecule has 0 saturated carbocycles. The third-order valence-electron chi connectivity index (χ3n) is 19.3. The molecule has 9 heteroatoms. The fourth-order valence-electron chi connectivity index (χ4n) is 10.3. The molecule has 10 rings (SSSR count). The van der Waals surface area contributed by atoms with E-state index >= 15 is 0 Å². The first-order valence-corrected chi connectivity index (χ1v) is 33.0. The SMILES string of the molecule is CCC(C)(C)c1c(O)cc(O)cc1O.CCC(C)(C)c1cc(O)c2ccccc2c1.CCC(C)(C)c1ccc(O)c(Br)c1.CCC(C)(C)c1ccc2c(O)cccc2c1.CCC(C)(C)c1ccc2cc(O)ccc2c1.CCC(C)(C)c1cccc2c(O)cccc12. The third-order valence-corrected chi connectivity index (χ3v) is 19.9. The molecule has 0 aliphatic carbocycles. The van der Waals surface area contributed by atoms with Crippen LogP contribution in [0.5, 0.6) is 46.0 Å². The van der Waals surface area contributed by atoms with Crippen LogP contribution in [-0.4, -0.2) is 40.9 Å². The van der Waals surface area contributed by atoms with Crippen molar-refractivity contribution in [3.63, 3.8) is 0 Å². The second-order valence-corrected chi connectivity index (χ2v) is 28.7. The number of phenolic OH excluding ortho intramolecular Hbond substituents is 8. The molecule has 0 spiro atoms. The van der Waals surface area contributed by atoms with Crippen LogP contribution >= 0.6 is 15.9 Å². The van der Waals surface area contributed by atoms with Gasteiger partial charge in [-0.05, 0) is 184 Å².